The van der Waals surface area contributed by atoms with Crippen molar-refractivity contribution < 1.29 is 19.1 Å². The van der Waals surface area contributed by atoms with Gasteiger partial charge in [-0.15, -0.1) is 0 Å². The van der Waals surface area contributed by atoms with Crippen molar-refractivity contribution in [3.05, 3.63) is 121 Å². The van der Waals surface area contributed by atoms with Gasteiger partial charge in [0.15, 0.2) is 0 Å². The van der Waals surface area contributed by atoms with Crippen LogP contribution >= 0.6 is 45.8 Å². The number of hydrogen-bond donors (Lipinski definition) is 3. The SMILES string of the molecule is NC(=O)c1ccc(Oc2ccc(I)cc2[C@H]2NC(=O)C[C@@H](c3cccc(Cl)c3)C23C(=O)Nc2cc(Cl)ccc23)cc1. The van der Waals surface area contributed by atoms with Gasteiger partial charge in [-0.1, -0.05) is 41.4 Å². The van der Waals surface area contributed by atoms with Crippen molar-refractivity contribution in [3.8, 4) is 11.5 Å². The van der Waals surface area contributed by atoms with E-state index in [1.807, 2.05) is 30.3 Å². The number of halogens is 3. The molecule has 3 amide bonds. The van der Waals surface area contributed by atoms with Crippen LogP contribution in [0.4, 0.5) is 5.69 Å². The molecule has 1 unspecified atom stereocenters. The first-order valence-electron chi connectivity index (χ1n) is 12.7. The van der Waals surface area contributed by atoms with Crippen molar-refractivity contribution >= 4 is 69.2 Å². The topological polar surface area (TPSA) is 111 Å². The fourth-order valence-corrected chi connectivity index (χ4v) is 6.81. The van der Waals surface area contributed by atoms with E-state index in [0.717, 1.165) is 14.7 Å². The zero-order chi connectivity index (χ0) is 28.9. The molecule has 0 bridgehead atoms. The number of hydrogen-bond acceptors (Lipinski definition) is 4. The van der Waals surface area contributed by atoms with Gasteiger partial charge in [0.25, 0.3) is 0 Å². The molecular formula is C31H22Cl2IN3O4. The summed E-state index contributed by atoms with van der Waals surface area (Å²) >= 11 is 14.9. The Balaban J connectivity index is 1.56. The normalized spacial score (nSPS) is 21.2. The van der Waals surface area contributed by atoms with Crippen LogP contribution in [0.1, 0.15) is 45.4 Å². The van der Waals surface area contributed by atoms with E-state index in [0.29, 0.717) is 38.4 Å². The van der Waals surface area contributed by atoms with E-state index in [2.05, 4.69) is 33.2 Å². The zero-order valence-corrected chi connectivity index (χ0v) is 25.0. The molecule has 41 heavy (non-hydrogen) atoms. The first kappa shape index (κ1) is 27.6. The van der Waals surface area contributed by atoms with Crippen molar-refractivity contribution in [1.29, 1.82) is 0 Å². The molecule has 0 aromatic heterocycles. The summed E-state index contributed by atoms with van der Waals surface area (Å²) in [7, 11) is 0. The molecule has 2 aliphatic heterocycles. The Bertz CT molecular complexity index is 1730. The first-order chi connectivity index (χ1) is 19.7. The lowest BCUT2D eigenvalue weighted by atomic mass is 9.59. The second kappa shape index (κ2) is 10.7. The minimum absolute atomic E-state index is 0.0705. The van der Waals surface area contributed by atoms with Crippen LogP contribution in [-0.4, -0.2) is 17.7 Å². The average Bonchev–Trinajstić information content (AvgIpc) is 3.22. The molecular weight excluding hydrogens is 676 g/mol. The lowest BCUT2D eigenvalue weighted by molar-refractivity contribution is -0.131. The number of fused-ring (bicyclic) bond motifs is 2. The summed E-state index contributed by atoms with van der Waals surface area (Å²) in [5.41, 5.74) is 7.18. The predicted molar refractivity (Wildman–Crippen MR) is 166 cm³/mol. The van der Waals surface area contributed by atoms with Gasteiger partial charge in [-0.05, 0) is 100 Å². The van der Waals surface area contributed by atoms with Crippen molar-refractivity contribution in [3.63, 3.8) is 0 Å². The van der Waals surface area contributed by atoms with Gasteiger partial charge in [-0.2, -0.15) is 0 Å². The number of nitrogens with one attached hydrogen (secondary N) is 2. The van der Waals surface area contributed by atoms with Gasteiger partial charge in [0.2, 0.25) is 17.7 Å². The number of benzene rings is 4. The molecule has 7 nitrogen and oxygen atoms in total. The van der Waals surface area contributed by atoms with E-state index >= 15 is 0 Å². The average molecular weight is 698 g/mol. The maximum Gasteiger partial charge on any atom is 0.248 e. The number of carbonyl (C=O) groups excluding carboxylic acids is 3. The summed E-state index contributed by atoms with van der Waals surface area (Å²) < 4.78 is 7.20. The summed E-state index contributed by atoms with van der Waals surface area (Å²) in [6, 6.07) is 23.8. The summed E-state index contributed by atoms with van der Waals surface area (Å²) in [6.07, 6.45) is 0.0705. The minimum Gasteiger partial charge on any atom is -0.457 e. The van der Waals surface area contributed by atoms with Crippen molar-refractivity contribution in [1.82, 2.24) is 5.32 Å². The van der Waals surface area contributed by atoms with Crippen LogP contribution in [-0.2, 0) is 15.0 Å². The molecule has 10 heteroatoms. The van der Waals surface area contributed by atoms with Crippen LogP contribution in [0.2, 0.25) is 10.0 Å². The lowest BCUT2D eigenvalue weighted by Gasteiger charge is -2.46. The second-order valence-electron chi connectivity index (χ2n) is 10.00. The molecule has 0 radical (unpaired) electrons. The van der Waals surface area contributed by atoms with E-state index < -0.39 is 23.3 Å². The van der Waals surface area contributed by atoms with E-state index in [-0.39, 0.29) is 18.2 Å². The largest absolute Gasteiger partial charge is 0.457 e. The predicted octanol–water partition coefficient (Wildman–Crippen LogP) is 6.72. The van der Waals surface area contributed by atoms with Gasteiger partial charge in [0.05, 0.1) is 6.04 Å². The van der Waals surface area contributed by atoms with Crippen molar-refractivity contribution in [2.45, 2.75) is 23.8 Å². The summed E-state index contributed by atoms with van der Waals surface area (Å²) in [4.78, 5) is 39.3. The van der Waals surface area contributed by atoms with Crippen molar-refractivity contribution in [2.75, 3.05) is 5.32 Å². The monoisotopic (exact) mass is 697 g/mol. The molecule has 2 aliphatic rings. The van der Waals surface area contributed by atoms with Gasteiger partial charge in [-0.3, -0.25) is 14.4 Å². The van der Waals surface area contributed by atoms with E-state index in [9.17, 15) is 14.4 Å². The molecule has 3 atom stereocenters. The third kappa shape index (κ3) is 4.83. The Kier molecular flexibility index (Phi) is 7.17. The van der Waals surface area contributed by atoms with Gasteiger partial charge >= 0.3 is 0 Å². The molecule has 2 heterocycles. The number of piperidine rings is 1. The highest BCUT2D eigenvalue weighted by atomic mass is 127. The molecule has 4 N–H and O–H groups in total. The van der Waals surface area contributed by atoms with Crippen LogP contribution in [0.15, 0.2) is 84.9 Å². The van der Waals surface area contributed by atoms with Gasteiger partial charge < -0.3 is 21.1 Å². The molecule has 0 aliphatic carbocycles. The summed E-state index contributed by atoms with van der Waals surface area (Å²) in [5.74, 6) is -0.664. The first-order valence-corrected chi connectivity index (χ1v) is 14.5. The molecule has 6 rings (SSSR count). The third-order valence-electron chi connectivity index (χ3n) is 7.65. The van der Waals surface area contributed by atoms with Gasteiger partial charge in [-0.25, -0.2) is 0 Å². The fourth-order valence-electron chi connectivity index (χ4n) is 5.92. The molecule has 1 fully saturated rings. The molecule has 4 aromatic rings. The van der Waals surface area contributed by atoms with Crippen LogP contribution in [0.3, 0.4) is 0 Å². The zero-order valence-electron chi connectivity index (χ0n) is 21.3. The van der Waals surface area contributed by atoms with E-state index in [1.54, 1.807) is 54.6 Å². The molecule has 1 saturated heterocycles. The second-order valence-corrected chi connectivity index (χ2v) is 12.1. The van der Waals surface area contributed by atoms with Gasteiger partial charge in [0, 0.05) is 42.8 Å². The summed E-state index contributed by atoms with van der Waals surface area (Å²) in [6.45, 7) is 0. The number of rotatable bonds is 5. The Morgan fingerprint density at radius 2 is 1.71 bits per heavy atom. The summed E-state index contributed by atoms with van der Waals surface area (Å²) in [5, 5.41) is 7.16. The lowest BCUT2D eigenvalue weighted by Crippen LogP contribution is -2.56. The van der Waals surface area contributed by atoms with E-state index in [4.69, 9.17) is 33.7 Å². The van der Waals surface area contributed by atoms with Gasteiger partial charge in [0.1, 0.15) is 16.9 Å². The molecule has 0 saturated carbocycles. The maximum atomic E-state index is 14.3. The Labute approximate surface area is 259 Å². The standard InChI is InChI=1S/C31H22Cl2IN3O4/c32-18-3-1-2-17(12-18)24-15-27(38)37-28(31(24)23-10-6-19(33)13-25(23)36-30(31)40)22-14-20(34)7-11-26(22)41-21-8-4-16(5-9-21)29(35)39/h1-14,24,28H,15H2,(H2,35,39)(H,36,40)(H,37,38)/t24-,28+,31?/m0/s1. The Morgan fingerprint density at radius 1 is 0.951 bits per heavy atom. The van der Waals surface area contributed by atoms with Crippen LogP contribution in [0.25, 0.3) is 0 Å². The quantitative estimate of drug-likeness (QED) is 0.201. The number of primary amides is 1. The fraction of sp³-hybridized carbons (Fsp3) is 0.129. The van der Waals surface area contributed by atoms with Crippen LogP contribution < -0.4 is 21.1 Å². The highest BCUT2D eigenvalue weighted by molar-refractivity contribution is 14.1. The number of anilines is 1. The number of amides is 3. The molecule has 4 aromatic carbocycles. The van der Waals surface area contributed by atoms with Crippen LogP contribution in [0, 0.1) is 3.57 Å². The third-order valence-corrected chi connectivity index (χ3v) is 8.79. The maximum absolute atomic E-state index is 14.3. The smallest absolute Gasteiger partial charge is 0.248 e. The van der Waals surface area contributed by atoms with Crippen molar-refractivity contribution in [2.24, 2.45) is 5.73 Å². The molecule has 206 valence electrons. The number of nitrogens with two attached hydrogens (primary N) is 1. The Morgan fingerprint density at radius 3 is 2.44 bits per heavy atom. The number of carbonyl (C=O) groups is 3. The number of ether oxygens (including phenoxy) is 1. The van der Waals surface area contributed by atoms with Crippen LogP contribution in [0.5, 0.6) is 11.5 Å². The highest BCUT2D eigenvalue weighted by Crippen LogP contribution is 2.58. The Hall–Kier alpha value is -3.60. The highest BCUT2D eigenvalue weighted by Gasteiger charge is 2.61. The minimum atomic E-state index is -1.25. The van der Waals surface area contributed by atoms with E-state index in [1.165, 1.54) is 0 Å². The molecule has 1 spiro atoms.